The van der Waals surface area contributed by atoms with E-state index in [2.05, 4.69) is 10.2 Å². The Bertz CT molecular complexity index is 937. The number of nitrogens with one attached hydrogen (secondary N) is 1. The number of sulfonamides is 1. The van der Waals surface area contributed by atoms with Crippen LogP contribution in [-0.2, 0) is 10.0 Å². The number of carbonyl (C=O) groups excluding carboxylic acids is 1. The quantitative estimate of drug-likeness (QED) is 0.824. The highest BCUT2D eigenvalue weighted by molar-refractivity contribution is 7.89. The summed E-state index contributed by atoms with van der Waals surface area (Å²) < 4.78 is 25.4. The van der Waals surface area contributed by atoms with Crippen LogP contribution >= 0.6 is 11.6 Å². The Morgan fingerprint density at radius 1 is 1.07 bits per heavy atom. The lowest BCUT2D eigenvalue weighted by Gasteiger charge is -2.22. The number of anilines is 2. The molecule has 27 heavy (non-hydrogen) atoms. The largest absolute Gasteiger partial charge is 0.370 e. The van der Waals surface area contributed by atoms with Crippen molar-refractivity contribution in [2.75, 3.05) is 37.4 Å². The molecule has 0 spiro atoms. The van der Waals surface area contributed by atoms with Gasteiger partial charge in [-0.15, -0.1) is 0 Å². The fourth-order valence-corrected chi connectivity index (χ4v) is 4.10. The maximum absolute atomic E-state index is 12.7. The van der Waals surface area contributed by atoms with Crippen molar-refractivity contribution in [3.63, 3.8) is 0 Å². The van der Waals surface area contributed by atoms with Gasteiger partial charge in [-0.3, -0.25) is 4.79 Å². The van der Waals surface area contributed by atoms with Gasteiger partial charge in [0.15, 0.2) is 0 Å². The standard InChI is InChI=1S/C19H22ClN3O3S/c1-22(2)27(25,26)16-8-5-14(6-9-16)19(24)21-17-13-15(20)7-10-18(17)23-11-3-4-12-23/h5-10,13H,3-4,11-12H2,1-2H3,(H,21,24). The normalized spacial score (nSPS) is 14.6. The number of amides is 1. The first kappa shape index (κ1) is 19.7. The van der Waals surface area contributed by atoms with Gasteiger partial charge in [-0.05, 0) is 55.3 Å². The molecule has 0 aliphatic carbocycles. The highest BCUT2D eigenvalue weighted by Gasteiger charge is 2.20. The van der Waals surface area contributed by atoms with Crippen LogP contribution in [0.1, 0.15) is 23.2 Å². The van der Waals surface area contributed by atoms with E-state index in [4.69, 9.17) is 11.6 Å². The Morgan fingerprint density at radius 3 is 2.30 bits per heavy atom. The van der Waals surface area contributed by atoms with E-state index >= 15 is 0 Å². The fraction of sp³-hybridized carbons (Fsp3) is 0.316. The Hall–Kier alpha value is -2.09. The maximum Gasteiger partial charge on any atom is 0.255 e. The summed E-state index contributed by atoms with van der Waals surface area (Å²) in [6.07, 6.45) is 2.25. The number of hydrogen-bond donors (Lipinski definition) is 1. The highest BCUT2D eigenvalue weighted by atomic mass is 35.5. The number of nitrogens with zero attached hydrogens (tertiary/aromatic N) is 2. The summed E-state index contributed by atoms with van der Waals surface area (Å²) in [7, 11) is -0.590. The van der Waals surface area contributed by atoms with Gasteiger partial charge in [0.1, 0.15) is 0 Å². The van der Waals surface area contributed by atoms with Crippen LogP contribution < -0.4 is 10.2 Å². The molecule has 0 saturated carbocycles. The van der Waals surface area contributed by atoms with E-state index in [1.165, 1.54) is 38.4 Å². The number of rotatable bonds is 5. The molecule has 1 saturated heterocycles. The molecule has 2 aromatic rings. The van der Waals surface area contributed by atoms with Crippen molar-refractivity contribution < 1.29 is 13.2 Å². The minimum absolute atomic E-state index is 0.143. The fourth-order valence-electron chi connectivity index (χ4n) is 3.03. The molecule has 0 bridgehead atoms. The summed E-state index contributed by atoms with van der Waals surface area (Å²) in [6.45, 7) is 1.89. The van der Waals surface area contributed by atoms with Gasteiger partial charge in [0, 0.05) is 37.8 Å². The van der Waals surface area contributed by atoms with E-state index in [0.717, 1.165) is 35.9 Å². The van der Waals surface area contributed by atoms with E-state index in [9.17, 15) is 13.2 Å². The smallest absolute Gasteiger partial charge is 0.255 e. The molecule has 1 heterocycles. The number of hydrogen-bond acceptors (Lipinski definition) is 4. The average molecular weight is 408 g/mol. The Kier molecular flexibility index (Phi) is 5.74. The van der Waals surface area contributed by atoms with Crippen LogP contribution in [0.25, 0.3) is 0 Å². The maximum atomic E-state index is 12.7. The molecule has 1 N–H and O–H groups in total. The van der Waals surface area contributed by atoms with Crippen LogP contribution in [0.4, 0.5) is 11.4 Å². The molecule has 3 rings (SSSR count). The minimum atomic E-state index is -3.52. The number of carbonyl (C=O) groups is 1. The lowest BCUT2D eigenvalue weighted by Crippen LogP contribution is -2.22. The monoisotopic (exact) mass is 407 g/mol. The molecule has 1 aliphatic heterocycles. The summed E-state index contributed by atoms with van der Waals surface area (Å²) in [6, 6.07) is 11.3. The third-order valence-electron chi connectivity index (χ3n) is 4.55. The molecule has 0 aromatic heterocycles. The van der Waals surface area contributed by atoms with Crippen molar-refractivity contribution in [1.82, 2.24) is 4.31 Å². The number of benzene rings is 2. The molecule has 1 fully saturated rings. The summed E-state index contributed by atoms with van der Waals surface area (Å²) >= 11 is 6.11. The lowest BCUT2D eigenvalue weighted by atomic mass is 10.2. The predicted octanol–water partition coefficient (Wildman–Crippen LogP) is 3.44. The first-order valence-corrected chi connectivity index (χ1v) is 10.5. The van der Waals surface area contributed by atoms with Crippen LogP contribution in [0, 0.1) is 0 Å². The van der Waals surface area contributed by atoms with Gasteiger partial charge in [0.2, 0.25) is 10.0 Å². The molecular formula is C19H22ClN3O3S. The van der Waals surface area contributed by atoms with Gasteiger partial charge in [-0.2, -0.15) is 0 Å². The van der Waals surface area contributed by atoms with Crippen molar-refractivity contribution in [2.45, 2.75) is 17.7 Å². The van der Waals surface area contributed by atoms with Crippen molar-refractivity contribution >= 4 is 38.9 Å². The van der Waals surface area contributed by atoms with Crippen LogP contribution in [-0.4, -0.2) is 45.8 Å². The van der Waals surface area contributed by atoms with Gasteiger partial charge in [0.05, 0.1) is 16.3 Å². The summed E-state index contributed by atoms with van der Waals surface area (Å²) in [4.78, 5) is 15.0. The molecule has 144 valence electrons. The first-order valence-electron chi connectivity index (χ1n) is 8.67. The Morgan fingerprint density at radius 2 is 1.70 bits per heavy atom. The molecule has 0 unspecified atom stereocenters. The van der Waals surface area contributed by atoms with E-state index < -0.39 is 10.0 Å². The van der Waals surface area contributed by atoms with Crippen molar-refractivity contribution in [3.8, 4) is 0 Å². The summed E-state index contributed by atoms with van der Waals surface area (Å²) in [5.41, 5.74) is 1.97. The molecule has 1 aliphatic rings. The molecule has 8 heteroatoms. The lowest BCUT2D eigenvalue weighted by molar-refractivity contribution is 0.102. The SMILES string of the molecule is CN(C)S(=O)(=O)c1ccc(C(=O)Nc2cc(Cl)ccc2N2CCCC2)cc1. The highest BCUT2D eigenvalue weighted by Crippen LogP contribution is 2.32. The van der Waals surface area contributed by atoms with Gasteiger partial charge in [-0.25, -0.2) is 12.7 Å². The second kappa shape index (κ2) is 7.88. The summed E-state index contributed by atoms with van der Waals surface area (Å²) in [5, 5.41) is 3.44. The van der Waals surface area contributed by atoms with E-state index in [1.807, 2.05) is 12.1 Å². The minimum Gasteiger partial charge on any atom is -0.370 e. The third kappa shape index (κ3) is 4.26. The van der Waals surface area contributed by atoms with Crippen molar-refractivity contribution in [1.29, 1.82) is 0 Å². The van der Waals surface area contributed by atoms with Crippen LogP contribution in [0.5, 0.6) is 0 Å². The average Bonchev–Trinajstić information content (AvgIpc) is 3.16. The molecule has 0 atom stereocenters. The van der Waals surface area contributed by atoms with E-state index in [0.29, 0.717) is 16.3 Å². The zero-order valence-electron chi connectivity index (χ0n) is 15.3. The van der Waals surface area contributed by atoms with E-state index in [-0.39, 0.29) is 10.8 Å². The molecule has 2 aromatic carbocycles. The molecule has 1 amide bonds. The molecule has 0 radical (unpaired) electrons. The van der Waals surface area contributed by atoms with Crippen LogP contribution in [0.15, 0.2) is 47.4 Å². The van der Waals surface area contributed by atoms with Crippen molar-refractivity contribution in [2.24, 2.45) is 0 Å². The second-order valence-corrected chi connectivity index (χ2v) is 9.21. The van der Waals surface area contributed by atoms with Gasteiger partial charge in [-0.1, -0.05) is 11.6 Å². The summed E-state index contributed by atoms with van der Waals surface area (Å²) in [5.74, 6) is -0.313. The Balaban J connectivity index is 1.83. The van der Waals surface area contributed by atoms with Gasteiger partial charge < -0.3 is 10.2 Å². The van der Waals surface area contributed by atoms with Gasteiger partial charge in [0.25, 0.3) is 5.91 Å². The molecule has 6 nitrogen and oxygen atoms in total. The van der Waals surface area contributed by atoms with Crippen molar-refractivity contribution in [3.05, 3.63) is 53.1 Å². The zero-order valence-corrected chi connectivity index (χ0v) is 16.8. The van der Waals surface area contributed by atoms with Crippen LogP contribution in [0.3, 0.4) is 0 Å². The van der Waals surface area contributed by atoms with Crippen LogP contribution in [0.2, 0.25) is 5.02 Å². The third-order valence-corrected chi connectivity index (χ3v) is 6.61. The molecular weight excluding hydrogens is 386 g/mol. The Labute approximate surface area is 164 Å². The second-order valence-electron chi connectivity index (χ2n) is 6.62. The topological polar surface area (TPSA) is 69.7 Å². The predicted molar refractivity (Wildman–Crippen MR) is 108 cm³/mol. The van der Waals surface area contributed by atoms with Gasteiger partial charge >= 0.3 is 0 Å². The van der Waals surface area contributed by atoms with E-state index in [1.54, 1.807) is 6.07 Å². The number of halogens is 1. The first-order chi connectivity index (χ1) is 12.8. The zero-order chi connectivity index (χ0) is 19.6.